The molecule has 0 radical (unpaired) electrons. The normalized spacial score (nSPS) is 18.4. The minimum absolute atomic E-state index is 0.0485. The third kappa shape index (κ3) is 4.46. The van der Waals surface area contributed by atoms with Crippen molar-refractivity contribution in [1.29, 1.82) is 0 Å². The molecule has 1 unspecified atom stereocenters. The number of rotatable bonds is 7. The average Bonchev–Trinajstić information content (AvgIpc) is 2.96. The molecule has 1 heterocycles. The van der Waals surface area contributed by atoms with Gasteiger partial charge in [0.15, 0.2) is 0 Å². The number of hydrogen-bond donors (Lipinski definition) is 2. The van der Waals surface area contributed by atoms with Gasteiger partial charge in [-0.25, -0.2) is 0 Å². The Morgan fingerprint density at radius 1 is 1.07 bits per heavy atom. The summed E-state index contributed by atoms with van der Waals surface area (Å²) in [6.45, 7) is 0.153. The van der Waals surface area contributed by atoms with Crippen LogP contribution >= 0.6 is 23.2 Å². The van der Waals surface area contributed by atoms with Crippen molar-refractivity contribution in [3.05, 3.63) is 75.3 Å². The van der Waals surface area contributed by atoms with Crippen LogP contribution in [0.4, 0.5) is 0 Å². The summed E-state index contributed by atoms with van der Waals surface area (Å²) in [6, 6.07) is 12.4. The standard InChI is InChI=1S/C21H19Cl2NO5/c22-14-6-7-15(16(23)12-14)18-17(19(26)13-4-2-1-3-5-13)20(27)21(28)24(18)8-10-29-11-9-25/h1-7,12,18,25-26H,8-11H2/b19-17+. The van der Waals surface area contributed by atoms with Crippen molar-refractivity contribution in [3.8, 4) is 0 Å². The first-order valence-electron chi connectivity index (χ1n) is 8.93. The van der Waals surface area contributed by atoms with Crippen molar-refractivity contribution >= 4 is 40.7 Å². The van der Waals surface area contributed by atoms with Gasteiger partial charge in [0.05, 0.1) is 31.4 Å². The van der Waals surface area contributed by atoms with Crippen molar-refractivity contribution in [2.24, 2.45) is 0 Å². The van der Waals surface area contributed by atoms with Crippen molar-refractivity contribution < 1.29 is 24.5 Å². The van der Waals surface area contributed by atoms with E-state index in [0.717, 1.165) is 0 Å². The predicted octanol–water partition coefficient (Wildman–Crippen LogP) is 3.42. The highest BCUT2D eigenvalue weighted by Gasteiger charge is 2.46. The Labute approximate surface area is 177 Å². The molecule has 2 aromatic rings. The molecule has 0 saturated carbocycles. The fourth-order valence-electron chi connectivity index (χ4n) is 3.24. The third-order valence-electron chi connectivity index (χ3n) is 4.56. The highest BCUT2D eigenvalue weighted by atomic mass is 35.5. The molecule has 0 aliphatic carbocycles. The molecule has 0 spiro atoms. The molecule has 0 aromatic heterocycles. The van der Waals surface area contributed by atoms with Gasteiger partial charge in [0.1, 0.15) is 5.76 Å². The van der Waals surface area contributed by atoms with E-state index in [9.17, 15) is 14.7 Å². The number of carbonyl (C=O) groups excluding carboxylic acids is 2. The number of Topliss-reactive ketones (excluding diaryl/α,β-unsaturated/α-hetero) is 1. The van der Waals surface area contributed by atoms with Crippen LogP contribution in [0.1, 0.15) is 17.2 Å². The van der Waals surface area contributed by atoms with Crippen LogP contribution in [0.5, 0.6) is 0 Å². The largest absolute Gasteiger partial charge is 0.507 e. The molecule has 1 amide bonds. The van der Waals surface area contributed by atoms with E-state index in [1.54, 1.807) is 42.5 Å². The number of nitrogens with zero attached hydrogens (tertiary/aromatic N) is 1. The number of hydrogen-bond acceptors (Lipinski definition) is 5. The van der Waals surface area contributed by atoms with Crippen LogP contribution in [-0.2, 0) is 14.3 Å². The van der Waals surface area contributed by atoms with Gasteiger partial charge >= 0.3 is 0 Å². The number of aliphatic hydroxyl groups is 2. The van der Waals surface area contributed by atoms with Gasteiger partial charge in [0.2, 0.25) is 0 Å². The summed E-state index contributed by atoms with van der Waals surface area (Å²) >= 11 is 12.4. The maximum Gasteiger partial charge on any atom is 0.295 e. The van der Waals surface area contributed by atoms with Gasteiger partial charge in [-0.15, -0.1) is 0 Å². The lowest BCUT2D eigenvalue weighted by molar-refractivity contribution is -0.140. The van der Waals surface area contributed by atoms with Crippen molar-refractivity contribution in [2.75, 3.05) is 26.4 Å². The SMILES string of the molecule is O=C1C(=O)N(CCOCCO)C(c2ccc(Cl)cc2Cl)/C1=C(\O)c1ccccc1. The molecule has 152 valence electrons. The number of likely N-dealkylation sites (tertiary alicyclic amines) is 1. The first kappa shape index (κ1) is 21.3. The minimum Gasteiger partial charge on any atom is -0.507 e. The van der Waals surface area contributed by atoms with Crippen LogP contribution in [0.15, 0.2) is 54.1 Å². The van der Waals surface area contributed by atoms with E-state index in [1.807, 2.05) is 0 Å². The van der Waals surface area contributed by atoms with Gasteiger partial charge in [0.25, 0.3) is 11.7 Å². The quantitative estimate of drug-likeness (QED) is 0.301. The Morgan fingerprint density at radius 2 is 1.79 bits per heavy atom. The average molecular weight is 436 g/mol. The fourth-order valence-corrected chi connectivity index (χ4v) is 3.75. The number of halogens is 2. The van der Waals surface area contributed by atoms with E-state index in [4.69, 9.17) is 33.0 Å². The van der Waals surface area contributed by atoms with Crippen LogP contribution in [0.2, 0.25) is 10.0 Å². The molecule has 1 aliphatic rings. The third-order valence-corrected chi connectivity index (χ3v) is 5.12. The first-order chi connectivity index (χ1) is 14.0. The van der Waals surface area contributed by atoms with Gasteiger partial charge in [-0.2, -0.15) is 0 Å². The van der Waals surface area contributed by atoms with Gasteiger partial charge in [-0.3, -0.25) is 9.59 Å². The van der Waals surface area contributed by atoms with Gasteiger partial charge in [-0.1, -0.05) is 59.6 Å². The summed E-state index contributed by atoms with van der Waals surface area (Å²) in [4.78, 5) is 26.9. The Balaban J connectivity index is 2.10. The number of benzene rings is 2. The number of ketones is 1. The highest BCUT2D eigenvalue weighted by molar-refractivity contribution is 6.47. The second-order valence-corrected chi connectivity index (χ2v) is 7.20. The molecule has 3 rings (SSSR count). The maximum atomic E-state index is 12.8. The molecule has 2 aromatic carbocycles. The molecule has 8 heteroatoms. The zero-order chi connectivity index (χ0) is 21.0. The van der Waals surface area contributed by atoms with Crippen molar-refractivity contribution in [3.63, 3.8) is 0 Å². The maximum absolute atomic E-state index is 12.8. The summed E-state index contributed by atoms with van der Waals surface area (Å²) in [7, 11) is 0. The number of ether oxygens (including phenoxy) is 1. The van der Waals surface area contributed by atoms with E-state index in [2.05, 4.69) is 0 Å². The second kappa shape index (κ2) is 9.41. The van der Waals surface area contributed by atoms with Crippen LogP contribution in [-0.4, -0.2) is 53.2 Å². The molecular weight excluding hydrogens is 417 g/mol. The molecule has 1 aliphatic heterocycles. The monoisotopic (exact) mass is 435 g/mol. The molecule has 1 atom stereocenters. The van der Waals surface area contributed by atoms with Crippen LogP contribution in [0.25, 0.3) is 5.76 Å². The second-order valence-electron chi connectivity index (χ2n) is 6.36. The Kier molecular flexibility index (Phi) is 6.92. The lowest BCUT2D eigenvalue weighted by Gasteiger charge is -2.26. The summed E-state index contributed by atoms with van der Waals surface area (Å²) in [5.41, 5.74) is 0.833. The number of amides is 1. The van der Waals surface area contributed by atoms with Crippen LogP contribution in [0.3, 0.4) is 0 Å². The Bertz CT molecular complexity index is 945. The van der Waals surface area contributed by atoms with E-state index in [1.165, 1.54) is 11.0 Å². The molecule has 1 fully saturated rings. The van der Waals surface area contributed by atoms with Crippen molar-refractivity contribution in [2.45, 2.75) is 6.04 Å². The smallest absolute Gasteiger partial charge is 0.295 e. The van der Waals surface area contributed by atoms with Gasteiger partial charge < -0.3 is 19.8 Å². The van der Waals surface area contributed by atoms with E-state index in [0.29, 0.717) is 16.1 Å². The summed E-state index contributed by atoms with van der Waals surface area (Å²) in [5, 5.41) is 20.4. The Morgan fingerprint density at radius 3 is 2.45 bits per heavy atom. The van der Waals surface area contributed by atoms with Crippen molar-refractivity contribution in [1.82, 2.24) is 4.90 Å². The topological polar surface area (TPSA) is 87.1 Å². The van der Waals surface area contributed by atoms with Crippen LogP contribution in [0, 0.1) is 0 Å². The summed E-state index contributed by atoms with van der Waals surface area (Å²) in [6.07, 6.45) is 0. The highest BCUT2D eigenvalue weighted by Crippen LogP contribution is 2.42. The molecular formula is C21H19Cl2NO5. The lowest BCUT2D eigenvalue weighted by Crippen LogP contribution is -2.33. The molecule has 2 N–H and O–H groups in total. The van der Waals surface area contributed by atoms with Gasteiger partial charge in [0, 0.05) is 22.2 Å². The summed E-state index contributed by atoms with van der Waals surface area (Å²) < 4.78 is 5.25. The molecule has 0 bridgehead atoms. The summed E-state index contributed by atoms with van der Waals surface area (Å²) in [5.74, 6) is -1.84. The minimum atomic E-state index is -0.891. The van der Waals surface area contributed by atoms with Gasteiger partial charge in [-0.05, 0) is 17.7 Å². The first-order valence-corrected chi connectivity index (χ1v) is 9.68. The number of aliphatic hydroxyl groups excluding tert-OH is 2. The van der Waals surface area contributed by atoms with E-state index >= 15 is 0 Å². The van der Waals surface area contributed by atoms with Crippen LogP contribution < -0.4 is 0 Å². The van der Waals surface area contributed by atoms with E-state index < -0.39 is 17.7 Å². The number of carbonyl (C=O) groups is 2. The van der Waals surface area contributed by atoms with E-state index in [-0.39, 0.29) is 42.7 Å². The Hall–Kier alpha value is -2.38. The predicted molar refractivity (Wildman–Crippen MR) is 110 cm³/mol. The molecule has 6 nitrogen and oxygen atoms in total. The lowest BCUT2D eigenvalue weighted by atomic mass is 9.95. The zero-order valence-electron chi connectivity index (χ0n) is 15.3. The zero-order valence-corrected chi connectivity index (χ0v) is 16.9. The fraction of sp³-hybridized carbons (Fsp3) is 0.238. The molecule has 29 heavy (non-hydrogen) atoms. The molecule has 1 saturated heterocycles.